The molecule has 1 aromatic heterocycles. The van der Waals surface area contributed by atoms with E-state index in [0.29, 0.717) is 17.5 Å². The van der Waals surface area contributed by atoms with Crippen LogP contribution in [0.2, 0.25) is 0 Å². The van der Waals surface area contributed by atoms with E-state index in [9.17, 15) is 4.79 Å². The lowest BCUT2D eigenvalue weighted by atomic mass is 10.2. The molecule has 20 heavy (non-hydrogen) atoms. The molecule has 2 aromatic rings. The Hall–Kier alpha value is -2.37. The third-order valence-corrected chi connectivity index (χ3v) is 2.75. The van der Waals surface area contributed by atoms with Crippen molar-refractivity contribution in [1.82, 2.24) is 15.5 Å². The van der Waals surface area contributed by atoms with E-state index in [0.717, 1.165) is 5.56 Å². The van der Waals surface area contributed by atoms with E-state index in [1.54, 1.807) is 7.11 Å². The predicted molar refractivity (Wildman–Crippen MR) is 73.0 cm³/mol. The summed E-state index contributed by atoms with van der Waals surface area (Å²) in [6.07, 6.45) is 0. The smallest absolute Gasteiger partial charge is 0.246 e. The number of hydrogen-bond donors (Lipinski definition) is 1. The minimum absolute atomic E-state index is 0.0537. The van der Waals surface area contributed by atoms with Crippen LogP contribution in [0.1, 0.15) is 19.7 Å². The van der Waals surface area contributed by atoms with Crippen LogP contribution < -0.4 is 10.1 Å². The number of para-hydroxylation sites is 1. The molecule has 0 radical (unpaired) electrons. The molecule has 1 heterocycles. The molecule has 1 N–H and O–H groups in total. The van der Waals surface area contributed by atoms with Crippen molar-refractivity contribution < 1.29 is 14.1 Å². The fourth-order valence-corrected chi connectivity index (χ4v) is 1.63. The molecule has 1 amide bonds. The summed E-state index contributed by atoms with van der Waals surface area (Å²) in [4.78, 5) is 15.7. The zero-order chi connectivity index (χ0) is 14.5. The van der Waals surface area contributed by atoms with Gasteiger partial charge in [-0.15, -0.1) is 0 Å². The van der Waals surface area contributed by atoms with Crippen LogP contribution in [0.4, 0.5) is 0 Å². The molecule has 6 nitrogen and oxygen atoms in total. The van der Waals surface area contributed by atoms with Crippen molar-refractivity contribution >= 4 is 5.91 Å². The van der Waals surface area contributed by atoms with E-state index in [2.05, 4.69) is 15.5 Å². The number of aromatic nitrogens is 2. The zero-order valence-electron chi connectivity index (χ0n) is 11.7. The number of amides is 1. The van der Waals surface area contributed by atoms with Crippen LogP contribution in [-0.4, -0.2) is 23.2 Å². The molecule has 0 fully saturated rings. The molecule has 0 bridgehead atoms. The van der Waals surface area contributed by atoms with Gasteiger partial charge in [-0.2, -0.15) is 4.98 Å². The first-order chi connectivity index (χ1) is 9.61. The van der Waals surface area contributed by atoms with Gasteiger partial charge in [-0.3, -0.25) is 4.79 Å². The number of methoxy groups -OCH3 is 1. The van der Waals surface area contributed by atoms with Gasteiger partial charge in [0.25, 0.3) is 0 Å². The van der Waals surface area contributed by atoms with E-state index in [1.807, 2.05) is 38.1 Å². The second-order valence-corrected chi connectivity index (χ2v) is 4.58. The molecule has 6 heteroatoms. The molecule has 0 saturated heterocycles. The van der Waals surface area contributed by atoms with Gasteiger partial charge in [0, 0.05) is 5.92 Å². The Balaban J connectivity index is 2.11. The van der Waals surface area contributed by atoms with Crippen LogP contribution >= 0.6 is 0 Å². The Morgan fingerprint density at radius 1 is 1.40 bits per heavy atom. The first-order valence-corrected chi connectivity index (χ1v) is 6.35. The van der Waals surface area contributed by atoms with Gasteiger partial charge in [-0.1, -0.05) is 31.1 Å². The van der Waals surface area contributed by atoms with Crippen LogP contribution in [0.15, 0.2) is 28.8 Å². The highest BCUT2D eigenvalue weighted by Gasteiger charge is 2.14. The Bertz CT molecular complexity index is 593. The molecule has 2 rings (SSSR count). The number of carbonyl (C=O) groups is 1. The van der Waals surface area contributed by atoms with Crippen LogP contribution in [-0.2, 0) is 11.3 Å². The van der Waals surface area contributed by atoms with Gasteiger partial charge in [-0.05, 0) is 12.1 Å². The third kappa shape index (κ3) is 3.14. The van der Waals surface area contributed by atoms with Gasteiger partial charge >= 0.3 is 0 Å². The third-order valence-electron chi connectivity index (χ3n) is 2.75. The average Bonchev–Trinajstić information content (AvgIpc) is 2.93. The zero-order valence-corrected chi connectivity index (χ0v) is 11.7. The normalized spacial score (nSPS) is 10.6. The molecular weight excluding hydrogens is 258 g/mol. The summed E-state index contributed by atoms with van der Waals surface area (Å²) in [5.74, 6) is 1.34. The molecule has 106 valence electrons. The van der Waals surface area contributed by atoms with Crippen molar-refractivity contribution in [3.05, 3.63) is 30.2 Å². The Kier molecular flexibility index (Phi) is 4.34. The molecule has 1 aromatic carbocycles. The molecule has 0 aliphatic heterocycles. The highest BCUT2D eigenvalue weighted by molar-refractivity contribution is 5.77. The van der Waals surface area contributed by atoms with Gasteiger partial charge in [0.05, 0.1) is 19.2 Å². The minimum Gasteiger partial charge on any atom is -0.496 e. The number of carbonyl (C=O) groups excluding carboxylic acids is 1. The first-order valence-electron chi connectivity index (χ1n) is 6.35. The van der Waals surface area contributed by atoms with Gasteiger partial charge < -0.3 is 14.6 Å². The summed E-state index contributed by atoms with van der Waals surface area (Å²) in [6, 6.07) is 7.41. The van der Waals surface area contributed by atoms with Crippen LogP contribution in [0, 0.1) is 5.92 Å². The largest absolute Gasteiger partial charge is 0.496 e. The van der Waals surface area contributed by atoms with E-state index < -0.39 is 0 Å². The van der Waals surface area contributed by atoms with Crippen molar-refractivity contribution in [2.75, 3.05) is 7.11 Å². The monoisotopic (exact) mass is 275 g/mol. The topological polar surface area (TPSA) is 77.3 Å². The van der Waals surface area contributed by atoms with Gasteiger partial charge in [0.1, 0.15) is 5.75 Å². The fourth-order valence-electron chi connectivity index (χ4n) is 1.63. The Morgan fingerprint density at radius 2 is 2.15 bits per heavy atom. The number of ether oxygens (including phenoxy) is 1. The van der Waals surface area contributed by atoms with Crippen molar-refractivity contribution in [2.45, 2.75) is 20.4 Å². The second-order valence-electron chi connectivity index (χ2n) is 4.58. The Labute approximate surface area is 117 Å². The molecular formula is C14H17N3O3. The van der Waals surface area contributed by atoms with Gasteiger partial charge in [0.15, 0.2) is 0 Å². The summed E-state index contributed by atoms with van der Waals surface area (Å²) in [5.41, 5.74) is 0.750. The van der Waals surface area contributed by atoms with Crippen molar-refractivity contribution in [3.63, 3.8) is 0 Å². The summed E-state index contributed by atoms with van der Waals surface area (Å²) >= 11 is 0. The van der Waals surface area contributed by atoms with Crippen LogP contribution in [0.5, 0.6) is 5.75 Å². The van der Waals surface area contributed by atoms with E-state index in [4.69, 9.17) is 9.26 Å². The lowest BCUT2D eigenvalue weighted by Gasteiger charge is -2.04. The fraction of sp³-hybridized carbons (Fsp3) is 0.357. The molecule has 0 saturated carbocycles. The second kappa shape index (κ2) is 6.18. The molecule has 0 unspecified atom stereocenters. The van der Waals surface area contributed by atoms with Crippen molar-refractivity contribution in [1.29, 1.82) is 0 Å². The maximum Gasteiger partial charge on any atom is 0.246 e. The summed E-state index contributed by atoms with van der Waals surface area (Å²) in [6.45, 7) is 3.87. The molecule has 0 spiro atoms. The van der Waals surface area contributed by atoms with Gasteiger partial charge in [0.2, 0.25) is 17.6 Å². The number of nitrogens with zero attached hydrogens (tertiary/aromatic N) is 2. The number of benzene rings is 1. The van der Waals surface area contributed by atoms with Crippen LogP contribution in [0.3, 0.4) is 0 Å². The summed E-state index contributed by atoms with van der Waals surface area (Å²) in [5, 5.41) is 6.63. The van der Waals surface area contributed by atoms with Crippen molar-refractivity contribution in [3.8, 4) is 17.1 Å². The van der Waals surface area contributed by atoms with Gasteiger partial charge in [-0.25, -0.2) is 0 Å². The highest BCUT2D eigenvalue weighted by Crippen LogP contribution is 2.26. The maximum absolute atomic E-state index is 11.5. The average molecular weight is 275 g/mol. The molecule has 0 aliphatic rings. The van der Waals surface area contributed by atoms with E-state index in [-0.39, 0.29) is 18.4 Å². The SMILES string of the molecule is COc1ccccc1-c1noc(CNC(=O)C(C)C)n1. The minimum atomic E-state index is -0.0772. The van der Waals surface area contributed by atoms with Crippen molar-refractivity contribution in [2.24, 2.45) is 5.92 Å². The van der Waals surface area contributed by atoms with E-state index in [1.165, 1.54) is 0 Å². The van der Waals surface area contributed by atoms with E-state index >= 15 is 0 Å². The maximum atomic E-state index is 11.5. The first kappa shape index (κ1) is 14.0. The molecule has 0 atom stereocenters. The quantitative estimate of drug-likeness (QED) is 0.903. The Morgan fingerprint density at radius 3 is 2.85 bits per heavy atom. The lowest BCUT2D eigenvalue weighted by molar-refractivity contribution is -0.124. The molecule has 0 aliphatic carbocycles. The highest BCUT2D eigenvalue weighted by atomic mass is 16.5. The number of rotatable bonds is 5. The predicted octanol–water partition coefficient (Wildman–Crippen LogP) is 2.02. The number of nitrogens with one attached hydrogen (secondary N) is 1. The van der Waals surface area contributed by atoms with Crippen LogP contribution in [0.25, 0.3) is 11.4 Å². The standard InChI is InChI=1S/C14H17N3O3/c1-9(2)14(18)15-8-12-16-13(17-20-12)10-6-4-5-7-11(10)19-3/h4-7,9H,8H2,1-3H3,(H,15,18). The summed E-state index contributed by atoms with van der Waals surface area (Å²) in [7, 11) is 1.59. The lowest BCUT2D eigenvalue weighted by Crippen LogP contribution is -2.27. The summed E-state index contributed by atoms with van der Waals surface area (Å²) < 4.78 is 10.4. The number of hydrogen-bond acceptors (Lipinski definition) is 5.